The van der Waals surface area contributed by atoms with Crippen molar-refractivity contribution in [2.24, 2.45) is 11.8 Å². The number of rotatable bonds is 4. The molecule has 2 amide bonds. The number of likely N-dealkylation sites (tertiary alicyclic amines) is 1. The van der Waals surface area contributed by atoms with E-state index in [-0.39, 0.29) is 36.2 Å². The van der Waals surface area contributed by atoms with Crippen molar-refractivity contribution in [3.8, 4) is 0 Å². The molecule has 1 aromatic rings. The van der Waals surface area contributed by atoms with Crippen LogP contribution >= 0.6 is 11.8 Å². The second-order valence-corrected chi connectivity index (χ2v) is 12.5. The fourth-order valence-corrected chi connectivity index (χ4v) is 8.17. The smallest absolute Gasteiger partial charge is 0.311 e. The van der Waals surface area contributed by atoms with Gasteiger partial charge in [0.1, 0.15) is 6.04 Å². The number of cyclic esters (lactones) is 1. The first-order chi connectivity index (χ1) is 17.2. The third-order valence-electron chi connectivity index (χ3n) is 7.79. The van der Waals surface area contributed by atoms with E-state index in [1.54, 1.807) is 9.80 Å². The molecule has 1 N–H and O–H groups in total. The van der Waals surface area contributed by atoms with Crippen LogP contribution in [0, 0.1) is 11.8 Å². The second-order valence-electron chi connectivity index (χ2n) is 11.0. The van der Waals surface area contributed by atoms with Gasteiger partial charge < -0.3 is 19.6 Å². The Balaban J connectivity index is 1.64. The minimum atomic E-state index is -0.915. The number of amides is 2. The third kappa shape index (κ3) is 3.98. The molecule has 8 heteroatoms. The van der Waals surface area contributed by atoms with Gasteiger partial charge in [0, 0.05) is 17.3 Å². The first kappa shape index (κ1) is 25.1. The molecule has 0 radical (unpaired) electrons. The fraction of sp³-hybridized carbons (Fsp3) is 0.536. The normalized spacial score (nSPS) is 32.8. The summed E-state index contributed by atoms with van der Waals surface area (Å²) in [6.45, 7) is 6.38. The van der Waals surface area contributed by atoms with Crippen molar-refractivity contribution in [1.82, 2.24) is 9.80 Å². The molecule has 1 aromatic carbocycles. The highest BCUT2D eigenvalue weighted by Gasteiger charge is 2.72. The summed E-state index contributed by atoms with van der Waals surface area (Å²) in [7, 11) is 0. The standard InChI is InChI=1S/C28H34N2O5S/c1-27(2,3)29-14-9-13-28-22(21-20(36-28)12-7-8-15-35-26(21)34)24(32)30(23(28)25(29)33)19(17-31)16-18-10-5-4-6-11-18/h4-7,9-13,19-23,31H,8,14-17H2,1-3H3/t19-,20+,21-,22+,23?,28+/m1/s1. The van der Waals surface area contributed by atoms with Gasteiger partial charge in [-0.25, -0.2) is 0 Å². The first-order valence-corrected chi connectivity index (χ1v) is 13.5. The van der Waals surface area contributed by atoms with Gasteiger partial charge in [-0.3, -0.25) is 14.4 Å². The highest BCUT2D eigenvalue weighted by atomic mass is 32.2. The molecule has 4 aliphatic rings. The van der Waals surface area contributed by atoms with Crippen LogP contribution in [0.15, 0.2) is 54.6 Å². The van der Waals surface area contributed by atoms with E-state index in [1.165, 1.54) is 11.8 Å². The molecule has 5 rings (SSSR count). The van der Waals surface area contributed by atoms with E-state index in [0.717, 1.165) is 5.56 Å². The molecule has 0 bridgehead atoms. The van der Waals surface area contributed by atoms with Crippen LogP contribution in [0.3, 0.4) is 0 Å². The second kappa shape index (κ2) is 9.38. The number of aliphatic hydroxyl groups excluding tert-OH is 1. The molecule has 0 saturated carbocycles. The predicted octanol–water partition coefficient (Wildman–Crippen LogP) is 2.59. The van der Waals surface area contributed by atoms with Gasteiger partial charge in [-0.2, -0.15) is 0 Å². The maximum Gasteiger partial charge on any atom is 0.311 e. The summed E-state index contributed by atoms with van der Waals surface area (Å²) in [6.07, 6.45) is 9.03. The number of benzene rings is 1. The number of nitrogens with zero attached hydrogens (tertiary/aromatic N) is 2. The minimum absolute atomic E-state index is 0.144. The predicted molar refractivity (Wildman–Crippen MR) is 138 cm³/mol. The lowest BCUT2D eigenvalue weighted by Gasteiger charge is -2.42. The summed E-state index contributed by atoms with van der Waals surface area (Å²) >= 11 is 1.53. The van der Waals surface area contributed by atoms with Gasteiger partial charge in [0.05, 0.1) is 35.8 Å². The van der Waals surface area contributed by atoms with E-state index >= 15 is 0 Å². The van der Waals surface area contributed by atoms with Crippen LogP contribution in [-0.2, 0) is 25.5 Å². The van der Waals surface area contributed by atoms with Crippen molar-refractivity contribution in [3.05, 3.63) is 60.2 Å². The Morgan fingerprint density at radius 3 is 2.58 bits per heavy atom. The SMILES string of the molecule is CC(C)(C)N1CC=C[C@]23S[C@H]4C=CCCOC(=O)[C@H]4[C@H]2C(=O)N([C@@H](CO)Cc2ccccc2)C3C1=O. The summed E-state index contributed by atoms with van der Waals surface area (Å²) < 4.78 is 4.62. The van der Waals surface area contributed by atoms with Crippen LogP contribution < -0.4 is 0 Å². The average molecular weight is 511 g/mol. The molecule has 2 saturated heterocycles. The van der Waals surface area contributed by atoms with Gasteiger partial charge >= 0.3 is 5.97 Å². The zero-order chi connectivity index (χ0) is 25.7. The lowest BCUT2D eigenvalue weighted by Crippen LogP contribution is -2.59. The van der Waals surface area contributed by atoms with Crippen LogP contribution in [0.1, 0.15) is 32.8 Å². The van der Waals surface area contributed by atoms with Crippen LogP contribution in [0.4, 0.5) is 0 Å². The molecule has 4 aliphatic heterocycles. The van der Waals surface area contributed by atoms with Crippen molar-refractivity contribution in [3.63, 3.8) is 0 Å². The summed E-state index contributed by atoms with van der Waals surface area (Å²) in [4.78, 5) is 45.3. The van der Waals surface area contributed by atoms with E-state index in [1.807, 2.05) is 75.4 Å². The highest BCUT2D eigenvalue weighted by Crippen LogP contribution is 2.61. The number of esters is 1. The number of hydrogen-bond donors (Lipinski definition) is 1. The van der Waals surface area contributed by atoms with Gasteiger partial charge in [0.15, 0.2) is 0 Å². The molecule has 7 nitrogen and oxygen atoms in total. The Kier molecular flexibility index (Phi) is 6.53. The van der Waals surface area contributed by atoms with Crippen LogP contribution in [-0.4, -0.2) is 80.1 Å². The monoisotopic (exact) mass is 510 g/mol. The number of carbonyl (C=O) groups is 3. The summed E-state index contributed by atoms with van der Waals surface area (Å²) in [5, 5.41) is 10.3. The molecular formula is C28H34N2O5S. The Bertz CT molecular complexity index is 1100. The largest absolute Gasteiger partial charge is 0.465 e. The Hall–Kier alpha value is -2.58. The summed E-state index contributed by atoms with van der Waals surface area (Å²) in [5.74, 6) is -2.20. The maximum atomic E-state index is 14.3. The van der Waals surface area contributed by atoms with Gasteiger partial charge in [0.25, 0.3) is 0 Å². The fourth-order valence-electron chi connectivity index (χ4n) is 6.18. The summed E-state index contributed by atoms with van der Waals surface area (Å²) in [5.41, 5.74) is 0.510. The van der Waals surface area contributed by atoms with Crippen molar-refractivity contribution >= 4 is 29.5 Å². The molecule has 4 heterocycles. The molecule has 0 aromatic heterocycles. The van der Waals surface area contributed by atoms with E-state index in [2.05, 4.69) is 0 Å². The molecular weight excluding hydrogens is 476 g/mol. The molecule has 6 atom stereocenters. The maximum absolute atomic E-state index is 14.3. The lowest BCUT2D eigenvalue weighted by atomic mass is 9.78. The van der Waals surface area contributed by atoms with Crippen molar-refractivity contribution in [2.75, 3.05) is 19.8 Å². The zero-order valence-electron chi connectivity index (χ0n) is 21.0. The van der Waals surface area contributed by atoms with E-state index in [9.17, 15) is 19.5 Å². The van der Waals surface area contributed by atoms with Gasteiger partial charge in [-0.05, 0) is 39.2 Å². The number of ether oxygens (including phenoxy) is 1. The van der Waals surface area contributed by atoms with Gasteiger partial charge in [-0.1, -0.05) is 54.6 Å². The highest BCUT2D eigenvalue weighted by molar-refractivity contribution is 8.02. The number of carbonyl (C=O) groups excluding carboxylic acids is 3. The Morgan fingerprint density at radius 1 is 1.14 bits per heavy atom. The topological polar surface area (TPSA) is 87.2 Å². The molecule has 0 aliphatic carbocycles. The van der Waals surface area contributed by atoms with Crippen molar-refractivity contribution in [1.29, 1.82) is 0 Å². The number of fused-ring (bicyclic) bond motifs is 2. The zero-order valence-corrected chi connectivity index (χ0v) is 21.8. The number of thioether (sulfide) groups is 1. The number of hydrogen-bond acceptors (Lipinski definition) is 6. The molecule has 36 heavy (non-hydrogen) atoms. The lowest BCUT2D eigenvalue weighted by molar-refractivity contribution is -0.154. The van der Waals surface area contributed by atoms with Crippen molar-refractivity contribution < 1.29 is 24.2 Å². The summed E-state index contributed by atoms with van der Waals surface area (Å²) in [6, 6.07) is 8.25. The van der Waals surface area contributed by atoms with E-state index in [0.29, 0.717) is 19.4 Å². The molecule has 1 unspecified atom stereocenters. The molecule has 2 fully saturated rings. The van der Waals surface area contributed by atoms with Crippen LogP contribution in [0.25, 0.3) is 0 Å². The van der Waals surface area contributed by atoms with E-state index in [4.69, 9.17) is 4.74 Å². The van der Waals surface area contributed by atoms with E-state index < -0.39 is 34.2 Å². The van der Waals surface area contributed by atoms with Gasteiger partial charge in [-0.15, -0.1) is 11.8 Å². The quantitative estimate of drug-likeness (QED) is 0.495. The van der Waals surface area contributed by atoms with Gasteiger partial charge in [0.2, 0.25) is 11.8 Å². The van der Waals surface area contributed by atoms with Crippen LogP contribution in [0.5, 0.6) is 0 Å². The Morgan fingerprint density at radius 2 is 1.89 bits per heavy atom. The first-order valence-electron chi connectivity index (χ1n) is 12.7. The average Bonchev–Trinajstić information content (AvgIpc) is 3.21. The Labute approximate surface area is 216 Å². The molecule has 192 valence electrons. The van der Waals surface area contributed by atoms with Crippen LogP contribution in [0.2, 0.25) is 0 Å². The number of aliphatic hydroxyl groups is 1. The molecule has 1 spiro atoms. The minimum Gasteiger partial charge on any atom is -0.465 e. The van der Waals surface area contributed by atoms with Crippen molar-refractivity contribution in [2.45, 2.75) is 61.2 Å². The third-order valence-corrected chi connectivity index (χ3v) is 9.53.